The van der Waals surface area contributed by atoms with E-state index in [4.69, 9.17) is 4.74 Å². The lowest BCUT2D eigenvalue weighted by Crippen LogP contribution is -2.38. The first kappa shape index (κ1) is 21.7. The number of hydrogen-bond acceptors (Lipinski definition) is 4. The van der Waals surface area contributed by atoms with E-state index >= 15 is 0 Å². The third-order valence-corrected chi connectivity index (χ3v) is 3.80. The third kappa shape index (κ3) is 5.58. The van der Waals surface area contributed by atoms with Crippen LogP contribution in [-0.4, -0.2) is 37.0 Å². The number of nitro groups is 1. The van der Waals surface area contributed by atoms with Gasteiger partial charge in [0.1, 0.15) is 5.75 Å². The lowest BCUT2D eigenvalue weighted by atomic mass is 10.2. The van der Waals surface area contributed by atoms with E-state index in [0.717, 1.165) is 11.3 Å². The molecule has 2 rings (SSSR count). The van der Waals surface area contributed by atoms with Gasteiger partial charge in [-0.25, -0.2) is 0 Å². The number of para-hydroxylation sites is 2. The van der Waals surface area contributed by atoms with Crippen molar-refractivity contribution in [2.24, 2.45) is 4.99 Å². The summed E-state index contributed by atoms with van der Waals surface area (Å²) in [5.74, 6) is 1.45. The summed E-state index contributed by atoms with van der Waals surface area (Å²) in [6.07, 6.45) is 0. The van der Waals surface area contributed by atoms with Gasteiger partial charge in [0.25, 0.3) is 5.69 Å². The van der Waals surface area contributed by atoms with Gasteiger partial charge >= 0.3 is 0 Å². The van der Waals surface area contributed by atoms with E-state index in [9.17, 15) is 10.1 Å². The molecule has 8 heteroatoms. The maximum Gasteiger partial charge on any atom is 0.274 e. The Bertz CT molecular complexity index is 768. The average Bonchev–Trinajstić information content (AvgIpc) is 2.63. The summed E-state index contributed by atoms with van der Waals surface area (Å²) in [5.41, 5.74) is 1.73. The van der Waals surface area contributed by atoms with Crippen molar-refractivity contribution < 1.29 is 9.66 Å². The Labute approximate surface area is 170 Å². The number of aliphatic imine (C=N–C) groups is 1. The number of hydrogen-bond donors (Lipinski definition) is 1. The third-order valence-electron chi connectivity index (χ3n) is 3.80. The predicted molar refractivity (Wildman–Crippen MR) is 113 cm³/mol. The molecule has 0 bridgehead atoms. The maximum absolute atomic E-state index is 11.1. The van der Waals surface area contributed by atoms with Crippen LogP contribution in [0.25, 0.3) is 0 Å². The second-order valence-electron chi connectivity index (χ2n) is 5.45. The van der Waals surface area contributed by atoms with E-state index in [2.05, 4.69) is 10.3 Å². The van der Waals surface area contributed by atoms with Crippen molar-refractivity contribution in [1.82, 2.24) is 10.2 Å². The van der Waals surface area contributed by atoms with Crippen molar-refractivity contribution in [2.75, 3.05) is 21.2 Å². The van der Waals surface area contributed by atoms with Gasteiger partial charge in [-0.1, -0.05) is 36.4 Å². The molecule has 0 spiro atoms. The van der Waals surface area contributed by atoms with E-state index < -0.39 is 0 Å². The molecule has 7 nitrogen and oxygen atoms in total. The Morgan fingerprint density at radius 3 is 2.42 bits per heavy atom. The van der Waals surface area contributed by atoms with Crippen LogP contribution in [0.4, 0.5) is 5.69 Å². The zero-order valence-electron chi connectivity index (χ0n) is 15.0. The van der Waals surface area contributed by atoms with Crippen LogP contribution < -0.4 is 10.1 Å². The van der Waals surface area contributed by atoms with Crippen LogP contribution in [0.1, 0.15) is 11.1 Å². The largest absolute Gasteiger partial charge is 0.496 e. The van der Waals surface area contributed by atoms with Crippen molar-refractivity contribution in [2.45, 2.75) is 13.1 Å². The highest BCUT2D eigenvalue weighted by molar-refractivity contribution is 14.0. The van der Waals surface area contributed by atoms with E-state index in [-0.39, 0.29) is 34.6 Å². The Morgan fingerprint density at radius 2 is 1.81 bits per heavy atom. The van der Waals surface area contributed by atoms with Crippen LogP contribution in [0, 0.1) is 10.1 Å². The van der Waals surface area contributed by atoms with Crippen LogP contribution in [-0.2, 0) is 13.1 Å². The molecule has 1 N–H and O–H groups in total. The van der Waals surface area contributed by atoms with E-state index in [0.29, 0.717) is 24.6 Å². The minimum absolute atomic E-state index is 0. The summed E-state index contributed by atoms with van der Waals surface area (Å²) in [6.45, 7) is 0.917. The standard InChI is InChI=1S/C18H22N4O3.HI/c1-19-18(20-12-14-8-4-6-10-16(14)22(23)24)21(2)13-15-9-5-7-11-17(15)25-3;/h4-11H,12-13H2,1-3H3,(H,19,20);1H. The van der Waals surface area contributed by atoms with Crippen LogP contribution >= 0.6 is 24.0 Å². The number of ether oxygens (including phenoxy) is 1. The minimum atomic E-state index is -0.377. The van der Waals surface area contributed by atoms with Gasteiger partial charge < -0.3 is 15.0 Å². The van der Waals surface area contributed by atoms with E-state index in [1.165, 1.54) is 6.07 Å². The van der Waals surface area contributed by atoms with Crippen LogP contribution in [0.5, 0.6) is 5.75 Å². The molecular weight excluding hydrogens is 447 g/mol. The number of nitro benzene ring substituents is 1. The Hall–Kier alpha value is -2.36. The fourth-order valence-electron chi connectivity index (χ4n) is 2.56. The van der Waals surface area contributed by atoms with Gasteiger partial charge in [-0.15, -0.1) is 24.0 Å². The highest BCUT2D eigenvalue weighted by Crippen LogP contribution is 2.19. The first-order chi connectivity index (χ1) is 12.1. The van der Waals surface area contributed by atoms with E-state index in [1.54, 1.807) is 32.4 Å². The van der Waals surface area contributed by atoms with Gasteiger partial charge in [0.05, 0.1) is 12.0 Å². The van der Waals surface area contributed by atoms with Gasteiger partial charge in [0, 0.05) is 44.4 Å². The molecule has 0 aliphatic carbocycles. The Kier molecular flexibility index (Phi) is 8.83. The Morgan fingerprint density at radius 1 is 1.19 bits per heavy atom. The molecule has 140 valence electrons. The molecule has 26 heavy (non-hydrogen) atoms. The van der Waals surface area contributed by atoms with E-state index in [1.807, 2.05) is 36.2 Å². The summed E-state index contributed by atoms with van der Waals surface area (Å²) in [5, 5.41) is 14.3. The van der Waals surface area contributed by atoms with Crippen LogP contribution in [0.3, 0.4) is 0 Å². The summed E-state index contributed by atoms with van der Waals surface area (Å²) >= 11 is 0. The first-order valence-electron chi connectivity index (χ1n) is 7.82. The lowest BCUT2D eigenvalue weighted by Gasteiger charge is -2.23. The summed E-state index contributed by atoms with van der Waals surface area (Å²) in [6, 6.07) is 14.4. The molecule has 0 saturated heterocycles. The second-order valence-corrected chi connectivity index (χ2v) is 5.45. The molecule has 0 aliphatic heterocycles. The molecule has 0 fully saturated rings. The zero-order valence-corrected chi connectivity index (χ0v) is 17.3. The molecule has 0 amide bonds. The van der Waals surface area contributed by atoms with Crippen molar-refractivity contribution in [3.63, 3.8) is 0 Å². The quantitative estimate of drug-likeness (QED) is 0.230. The normalized spacial score (nSPS) is 10.7. The highest BCUT2D eigenvalue weighted by Gasteiger charge is 2.14. The smallest absolute Gasteiger partial charge is 0.274 e. The summed E-state index contributed by atoms with van der Waals surface area (Å²) in [7, 11) is 5.22. The first-order valence-corrected chi connectivity index (χ1v) is 7.82. The molecule has 2 aromatic carbocycles. The van der Waals surface area contributed by atoms with Gasteiger partial charge in [-0.05, 0) is 6.07 Å². The molecule has 0 radical (unpaired) electrons. The van der Waals surface area contributed by atoms with Crippen molar-refractivity contribution in [3.8, 4) is 5.75 Å². The molecule has 0 aliphatic rings. The SMILES string of the molecule is CN=C(NCc1ccccc1[N+](=O)[O-])N(C)Cc1ccccc1OC.I. The predicted octanol–water partition coefficient (Wildman–Crippen LogP) is 3.43. The van der Waals surface area contributed by atoms with Gasteiger partial charge in [0.15, 0.2) is 5.96 Å². The van der Waals surface area contributed by atoms with Crippen molar-refractivity contribution in [3.05, 3.63) is 69.8 Å². The number of methoxy groups -OCH3 is 1. The summed E-state index contributed by atoms with van der Waals surface area (Å²) in [4.78, 5) is 16.9. The monoisotopic (exact) mass is 470 g/mol. The van der Waals surface area contributed by atoms with Gasteiger partial charge in [-0.2, -0.15) is 0 Å². The average molecular weight is 470 g/mol. The minimum Gasteiger partial charge on any atom is -0.496 e. The van der Waals surface area contributed by atoms with Gasteiger partial charge in [-0.3, -0.25) is 15.1 Å². The molecular formula is C18H23IN4O3. The Balaban J connectivity index is 0.00000338. The van der Waals surface area contributed by atoms with Crippen LogP contribution in [0.15, 0.2) is 53.5 Å². The number of nitrogens with one attached hydrogen (secondary N) is 1. The van der Waals surface area contributed by atoms with Crippen molar-refractivity contribution >= 4 is 35.6 Å². The number of halogens is 1. The fourth-order valence-corrected chi connectivity index (χ4v) is 2.56. The topological polar surface area (TPSA) is 80.0 Å². The molecule has 0 atom stereocenters. The fraction of sp³-hybridized carbons (Fsp3) is 0.278. The van der Waals surface area contributed by atoms with Crippen molar-refractivity contribution in [1.29, 1.82) is 0 Å². The number of benzene rings is 2. The zero-order chi connectivity index (χ0) is 18.2. The number of rotatable bonds is 6. The van der Waals surface area contributed by atoms with Crippen LogP contribution in [0.2, 0.25) is 0 Å². The molecule has 2 aromatic rings. The number of guanidine groups is 1. The summed E-state index contributed by atoms with van der Waals surface area (Å²) < 4.78 is 5.37. The van der Waals surface area contributed by atoms with Gasteiger partial charge in [0.2, 0.25) is 0 Å². The lowest BCUT2D eigenvalue weighted by molar-refractivity contribution is -0.385. The molecule has 0 aromatic heterocycles. The molecule has 0 unspecified atom stereocenters. The molecule has 0 saturated carbocycles. The highest BCUT2D eigenvalue weighted by atomic mass is 127. The molecule has 0 heterocycles. The maximum atomic E-state index is 11.1. The second kappa shape index (κ2) is 10.6. The number of nitrogens with zero attached hydrogens (tertiary/aromatic N) is 3.